The van der Waals surface area contributed by atoms with Crippen molar-refractivity contribution < 1.29 is 14.2 Å². The molecule has 0 amide bonds. The quantitative estimate of drug-likeness (QED) is 0.165. The zero-order chi connectivity index (χ0) is 19.3. The Morgan fingerprint density at radius 1 is 1.36 bits per heavy atom. The van der Waals surface area contributed by atoms with Crippen molar-refractivity contribution in [1.82, 2.24) is 10.2 Å². The molecule has 0 spiro atoms. The molecule has 158 valence electrons. The van der Waals surface area contributed by atoms with Gasteiger partial charge in [-0.05, 0) is 19.4 Å². The number of nitrogens with one attached hydrogen (secondary N) is 1. The topological polar surface area (TPSA) is 55.3 Å². The molecule has 0 aromatic heterocycles. The van der Waals surface area contributed by atoms with E-state index in [1.165, 1.54) is 0 Å². The molecule has 6 nitrogen and oxygen atoms in total. The van der Waals surface area contributed by atoms with Crippen LogP contribution in [0.25, 0.3) is 0 Å². The molecule has 1 aromatic carbocycles. The lowest BCUT2D eigenvalue weighted by atomic mass is 10.1. The summed E-state index contributed by atoms with van der Waals surface area (Å²) in [5, 5.41) is 3.41. The summed E-state index contributed by atoms with van der Waals surface area (Å²) in [6.45, 7) is 11.8. The van der Waals surface area contributed by atoms with Gasteiger partial charge in [0.25, 0.3) is 0 Å². The van der Waals surface area contributed by atoms with Crippen LogP contribution in [-0.2, 0) is 16.0 Å². The fourth-order valence-corrected chi connectivity index (χ4v) is 3.06. The van der Waals surface area contributed by atoms with Crippen molar-refractivity contribution in [3.8, 4) is 5.75 Å². The predicted molar refractivity (Wildman–Crippen MR) is 125 cm³/mol. The number of nitrogens with zero attached hydrogens (tertiary/aromatic N) is 2. The SMILES string of the molecule is C=CCOc1ccccc1CN=C(NCC)N1CCC(COCCOC)C1.I. The highest BCUT2D eigenvalue weighted by Crippen LogP contribution is 2.20. The molecule has 0 radical (unpaired) electrons. The molecule has 1 saturated heterocycles. The molecule has 1 aromatic rings. The number of hydrogen-bond donors (Lipinski definition) is 1. The summed E-state index contributed by atoms with van der Waals surface area (Å²) in [5.41, 5.74) is 1.08. The second kappa shape index (κ2) is 14.6. The highest BCUT2D eigenvalue weighted by atomic mass is 127. The number of para-hydroxylation sites is 1. The van der Waals surface area contributed by atoms with Gasteiger partial charge >= 0.3 is 0 Å². The lowest BCUT2D eigenvalue weighted by molar-refractivity contribution is 0.0536. The maximum Gasteiger partial charge on any atom is 0.194 e. The number of methoxy groups -OCH3 is 1. The van der Waals surface area contributed by atoms with Gasteiger partial charge in [-0.3, -0.25) is 0 Å². The highest BCUT2D eigenvalue weighted by molar-refractivity contribution is 14.0. The van der Waals surface area contributed by atoms with Crippen LogP contribution in [0.1, 0.15) is 18.9 Å². The zero-order valence-corrected chi connectivity index (χ0v) is 19.4. The van der Waals surface area contributed by atoms with E-state index in [1.807, 2.05) is 18.2 Å². The third-order valence-corrected chi connectivity index (χ3v) is 4.43. The minimum atomic E-state index is 0. The van der Waals surface area contributed by atoms with Gasteiger partial charge in [-0.25, -0.2) is 4.99 Å². The molecule has 0 aliphatic carbocycles. The number of ether oxygens (including phenoxy) is 3. The molecule has 1 aliphatic rings. The summed E-state index contributed by atoms with van der Waals surface area (Å²) in [6.07, 6.45) is 2.87. The van der Waals surface area contributed by atoms with Crippen molar-refractivity contribution in [3.63, 3.8) is 0 Å². The summed E-state index contributed by atoms with van der Waals surface area (Å²) >= 11 is 0. The third-order valence-electron chi connectivity index (χ3n) is 4.43. The number of halogens is 1. The van der Waals surface area contributed by atoms with Crippen LogP contribution in [0.15, 0.2) is 41.9 Å². The van der Waals surface area contributed by atoms with Crippen LogP contribution in [0.2, 0.25) is 0 Å². The van der Waals surface area contributed by atoms with Crippen molar-refractivity contribution in [3.05, 3.63) is 42.5 Å². The summed E-state index contributed by atoms with van der Waals surface area (Å²) < 4.78 is 16.5. The van der Waals surface area contributed by atoms with Crippen LogP contribution in [0, 0.1) is 5.92 Å². The number of aliphatic imine (C=N–C) groups is 1. The van der Waals surface area contributed by atoms with Crippen LogP contribution in [0.3, 0.4) is 0 Å². The first kappa shape index (κ1) is 24.7. The number of hydrogen-bond acceptors (Lipinski definition) is 4. The van der Waals surface area contributed by atoms with Crippen LogP contribution in [0.4, 0.5) is 0 Å². The van der Waals surface area contributed by atoms with Crippen LogP contribution in [0.5, 0.6) is 5.75 Å². The molecule has 1 aliphatic heterocycles. The lowest BCUT2D eigenvalue weighted by Gasteiger charge is -2.22. The molecular formula is C21H34IN3O3. The van der Waals surface area contributed by atoms with E-state index in [0.29, 0.717) is 32.3 Å². The Morgan fingerprint density at radius 3 is 2.93 bits per heavy atom. The van der Waals surface area contributed by atoms with Crippen LogP contribution >= 0.6 is 24.0 Å². The van der Waals surface area contributed by atoms with Gasteiger partial charge < -0.3 is 24.4 Å². The summed E-state index contributed by atoms with van der Waals surface area (Å²) in [6, 6.07) is 8.03. The second-order valence-electron chi connectivity index (χ2n) is 6.55. The Hall–Kier alpha value is -1.32. The molecule has 7 heteroatoms. The minimum absolute atomic E-state index is 0. The van der Waals surface area contributed by atoms with Crippen molar-refractivity contribution in [2.75, 3.05) is 53.2 Å². The van der Waals surface area contributed by atoms with Gasteiger partial charge in [0.15, 0.2) is 5.96 Å². The largest absolute Gasteiger partial charge is 0.489 e. The predicted octanol–water partition coefficient (Wildman–Crippen LogP) is 3.32. The number of benzene rings is 1. The molecule has 28 heavy (non-hydrogen) atoms. The van der Waals surface area contributed by atoms with E-state index < -0.39 is 0 Å². The van der Waals surface area contributed by atoms with Crippen LogP contribution in [-0.4, -0.2) is 64.0 Å². The van der Waals surface area contributed by atoms with Crippen molar-refractivity contribution in [2.24, 2.45) is 10.9 Å². The number of rotatable bonds is 11. The van der Waals surface area contributed by atoms with E-state index in [-0.39, 0.29) is 24.0 Å². The first-order valence-electron chi connectivity index (χ1n) is 9.70. The molecule has 1 atom stereocenters. The average Bonchev–Trinajstić information content (AvgIpc) is 3.16. The molecule has 0 bridgehead atoms. The molecule has 0 saturated carbocycles. The molecule has 2 rings (SSSR count). The second-order valence-corrected chi connectivity index (χ2v) is 6.55. The highest BCUT2D eigenvalue weighted by Gasteiger charge is 2.25. The molecule has 1 unspecified atom stereocenters. The van der Waals surface area contributed by atoms with Gasteiger partial charge in [-0.1, -0.05) is 30.9 Å². The molecule has 1 heterocycles. The Morgan fingerprint density at radius 2 is 2.18 bits per heavy atom. The van der Waals surface area contributed by atoms with E-state index in [2.05, 4.69) is 29.8 Å². The fraction of sp³-hybridized carbons (Fsp3) is 0.571. The smallest absolute Gasteiger partial charge is 0.194 e. The monoisotopic (exact) mass is 503 g/mol. The van der Waals surface area contributed by atoms with Gasteiger partial charge in [0, 0.05) is 38.2 Å². The van der Waals surface area contributed by atoms with Crippen LogP contribution < -0.4 is 10.1 Å². The fourth-order valence-electron chi connectivity index (χ4n) is 3.06. The van der Waals surface area contributed by atoms with E-state index >= 15 is 0 Å². The molecular weight excluding hydrogens is 469 g/mol. The maximum absolute atomic E-state index is 5.74. The molecule has 1 N–H and O–H groups in total. The van der Waals surface area contributed by atoms with Gasteiger partial charge in [-0.2, -0.15) is 0 Å². The van der Waals surface area contributed by atoms with Gasteiger partial charge in [0.2, 0.25) is 0 Å². The van der Waals surface area contributed by atoms with Crippen molar-refractivity contribution >= 4 is 29.9 Å². The Bertz CT molecular complexity index is 598. The summed E-state index contributed by atoms with van der Waals surface area (Å²) in [4.78, 5) is 7.16. The lowest BCUT2D eigenvalue weighted by Crippen LogP contribution is -2.40. The Balaban J connectivity index is 0.00000392. The van der Waals surface area contributed by atoms with Crippen molar-refractivity contribution in [2.45, 2.75) is 19.9 Å². The van der Waals surface area contributed by atoms with E-state index in [4.69, 9.17) is 19.2 Å². The third kappa shape index (κ3) is 8.36. The van der Waals surface area contributed by atoms with Crippen molar-refractivity contribution in [1.29, 1.82) is 0 Å². The van der Waals surface area contributed by atoms with Gasteiger partial charge in [0.05, 0.1) is 26.4 Å². The normalized spacial score (nSPS) is 16.6. The molecule has 1 fully saturated rings. The van der Waals surface area contributed by atoms with Gasteiger partial charge in [-0.15, -0.1) is 24.0 Å². The minimum Gasteiger partial charge on any atom is -0.489 e. The maximum atomic E-state index is 5.74. The van der Waals surface area contributed by atoms with E-state index in [0.717, 1.165) is 49.9 Å². The Kier molecular flexibility index (Phi) is 12.9. The van der Waals surface area contributed by atoms with Gasteiger partial charge in [0.1, 0.15) is 12.4 Å². The Labute approximate surface area is 186 Å². The number of guanidine groups is 1. The standard InChI is InChI=1S/C21H33N3O3.HI/c1-4-12-27-20-9-7-6-8-19(20)15-23-21(22-5-2)24-11-10-18(16-24)17-26-14-13-25-3;/h4,6-9,18H,1,5,10-17H2,2-3H3,(H,22,23);1H. The summed E-state index contributed by atoms with van der Waals surface area (Å²) in [7, 11) is 1.69. The first-order valence-corrected chi connectivity index (χ1v) is 9.70. The number of likely N-dealkylation sites (tertiary alicyclic amines) is 1. The van der Waals surface area contributed by atoms with E-state index in [1.54, 1.807) is 13.2 Å². The summed E-state index contributed by atoms with van der Waals surface area (Å²) in [5.74, 6) is 2.35. The zero-order valence-electron chi connectivity index (χ0n) is 17.1. The van der Waals surface area contributed by atoms with E-state index in [9.17, 15) is 0 Å². The average molecular weight is 503 g/mol. The first-order chi connectivity index (χ1) is 13.3.